The maximum Gasteiger partial charge on any atom is 0.416 e. The highest BCUT2D eigenvalue weighted by Crippen LogP contribution is 2.11. The van der Waals surface area contributed by atoms with E-state index in [1.807, 2.05) is 42.3 Å². The first-order valence-corrected chi connectivity index (χ1v) is 12.1. The summed E-state index contributed by atoms with van der Waals surface area (Å²) in [6.07, 6.45) is 4.46. The molecule has 0 rings (SSSR count). The van der Waals surface area contributed by atoms with Crippen molar-refractivity contribution in [2.24, 2.45) is 0 Å². The molecule has 0 saturated carbocycles. The fourth-order valence-corrected chi connectivity index (χ4v) is 2.81. The van der Waals surface area contributed by atoms with Gasteiger partial charge in [0.05, 0.1) is 42.3 Å². The fourth-order valence-electron chi connectivity index (χ4n) is 2.81. The molecule has 0 heterocycles. The number of hydrogen-bond acceptors (Lipinski definition) is 6. The van der Waals surface area contributed by atoms with Crippen molar-refractivity contribution in [2.75, 3.05) is 82.7 Å². The smallest absolute Gasteiger partial charge is 0.416 e. The second-order valence-electron chi connectivity index (χ2n) is 10.8. The molecular formula is C24H48I2N4O6. The van der Waals surface area contributed by atoms with Crippen molar-refractivity contribution in [3.63, 3.8) is 0 Å². The van der Waals surface area contributed by atoms with E-state index >= 15 is 0 Å². The fraction of sp³-hybridized carbons (Fsp3) is 0.833. The molecule has 0 fully saturated rings. The van der Waals surface area contributed by atoms with Gasteiger partial charge in [0, 0.05) is 26.9 Å². The molecule has 4 amide bonds. The lowest BCUT2D eigenvalue weighted by molar-refractivity contribution is -0.870. The van der Waals surface area contributed by atoms with Crippen LogP contribution in [0, 0.1) is 0 Å². The van der Waals surface area contributed by atoms with E-state index in [0.29, 0.717) is 47.7 Å². The maximum absolute atomic E-state index is 12.1. The average Bonchev–Trinajstić information content (AvgIpc) is 2.71. The molecule has 0 unspecified atom stereocenters. The van der Waals surface area contributed by atoms with Crippen molar-refractivity contribution in [2.45, 2.75) is 51.4 Å². The molecule has 0 saturated heterocycles. The lowest BCUT2D eigenvalue weighted by Gasteiger charge is -2.24. The monoisotopic (exact) mass is 742 g/mol. The van der Waals surface area contributed by atoms with Crippen molar-refractivity contribution in [1.29, 1.82) is 0 Å². The topological polar surface area (TPSA) is 93.2 Å². The quantitative estimate of drug-likeness (QED) is 0.0995. The highest BCUT2D eigenvalue weighted by Gasteiger charge is 2.20. The summed E-state index contributed by atoms with van der Waals surface area (Å²) in [7, 11) is 14.9. The summed E-state index contributed by atoms with van der Waals surface area (Å²) in [5.74, 6) is -0.477. The zero-order chi connectivity index (χ0) is 26.4. The van der Waals surface area contributed by atoms with Gasteiger partial charge in [-0.2, -0.15) is 0 Å². The number of unbranched alkanes of at least 4 members (excludes halogenated alkanes) is 5. The third-order valence-electron chi connectivity index (χ3n) is 5.30. The molecule has 0 spiro atoms. The molecular weight excluding hydrogens is 694 g/mol. The molecule has 36 heavy (non-hydrogen) atoms. The third kappa shape index (κ3) is 21.4. The summed E-state index contributed by atoms with van der Waals surface area (Å²) in [5, 5.41) is 0. The van der Waals surface area contributed by atoms with E-state index in [4.69, 9.17) is 9.47 Å². The molecule has 0 aliphatic rings. The van der Waals surface area contributed by atoms with Crippen LogP contribution < -0.4 is 48.0 Å². The molecule has 10 nitrogen and oxygen atoms in total. The van der Waals surface area contributed by atoms with Gasteiger partial charge in [0.25, 0.3) is 0 Å². The first kappa shape index (κ1) is 39.8. The predicted molar refractivity (Wildman–Crippen MR) is 131 cm³/mol. The summed E-state index contributed by atoms with van der Waals surface area (Å²) in [6, 6.07) is 0. The van der Waals surface area contributed by atoms with Gasteiger partial charge in [0.2, 0.25) is 11.8 Å². The highest BCUT2D eigenvalue weighted by atomic mass is 127. The summed E-state index contributed by atoms with van der Waals surface area (Å²) in [6.45, 7) is 1.90. The lowest BCUT2D eigenvalue weighted by Crippen LogP contribution is -3.00. The molecule has 0 aromatic rings. The van der Waals surface area contributed by atoms with Crippen LogP contribution in [-0.2, 0) is 19.1 Å². The number of imide groups is 2. The van der Waals surface area contributed by atoms with Crippen LogP contribution in [0.2, 0.25) is 0 Å². The molecule has 0 radical (unpaired) electrons. The van der Waals surface area contributed by atoms with Crippen LogP contribution in [0.4, 0.5) is 9.59 Å². The van der Waals surface area contributed by atoms with E-state index in [1.54, 1.807) is 0 Å². The van der Waals surface area contributed by atoms with E-state index in [0.717, 1.165) is 35.5 Å². The van der Waals surface area contributed by atoms with Gasteiger partial charge < -0.3 is 66.4 Å². The standard InChI is InChI=1S/C24H48N4O6.2HI/c1-25(23(31)33-19-17-27(3,4)5)21(29)15-13-11-9-10-12-14-16-22(30)26(2)24(32)34-20-18-28(6,7)8;;/h9-20H2,1-8H3;2*1H/q+2;;/p-2. The largest absolute Gasteiger partial charge is 1.00 e. The number of amides is 4. The van der Waals surface area contributed by atoms with Crippen LogP contribution in [0.5, 0.6) is 0 Å². The van der Waals surface area contributed by atoms with E-state index in [2.05, 4.69) is 0 Å². The molecule has 0 N–H and O–H groups in total. The molecule has 12 heteroatoms. The van der Waals surface area contributed by atoms with E-state index < -0.39 is 12.2 Å². The Kier molecular flexibility index (Phi) is 22.4. The summed E-state index contributed by atoms with van der Waals surface area (Å²) < 4.78 is 11.7. The number of hydrogen-bond donors (Lipinski definition) is 0. The van der Waals surface area contributed by atoms with Crippen LogP contribution in [0.15, 0.2) is 0 Å². The van der Waals surface area contributed by atoms with Crippen LogP contribution in [-0.4, -0.2) is 125 Å². The van der Waals surface area contributed by atoms with Gasteiger partial charge in [-0.15, -0.1) is 0 Å². The number of carbonyl (C=O) groups excluding carboxylic acids is 4. The van der Waals surface area contributed by atoms with Gasteiger partial charge in [0.1, 0.15) is 26.3 Å². The van der Waals surface area contributed by atoms with E-state index in [-0.39, 0.29) is 73.0 Å². The normalized spacial score (nSPS) is 11.0. The minimum Gasteiger partial charge on any atom is -1.00 e. The second kappa shape index (κ2) is 20.3. The van der Waals surface area contributed by atoms with Gasteiger partial charge >= 0.3 is 12.2 Å². The third-order valence-corrected chi connectivity index (χ3v) is 5.30. The van der Waals surface area contributed by atoms with E-state index in [9.17, 15) is 19.2 Å². The lowest BCUT2D eigenvalue weighted by atomic mass is 10.1. The number of nitrogens with zero attached hydrogens (tertiary/aromatic N) is 4. The number of quaternary nitrogens is 2. The first-order valence-electron chi connectivity index (χ1n) is 12.1. The number of ether oxygens (including phenoxy) is 2. The Hall–Kier alpha value is -0.740. The van der Waals surface area contributed by atoms with Crippen LogP contribution in [0.25, 0.3) is 0 Å². The Morgan fingerprint density at radius 3 is 1.11 bits per heavy atom. The number of likely N-dealkylation sites (N-methyl/N-ethyl adjacent to an activating group) is 2. The van der Waals surface area contributed by atoms with Crippen molar-refractivity contribution in [3.05, 3.63) is 0 Å². The molecule has 0 aromatic carbocycles. The Balaban J connectivity index is -0.00000544. The Labute approximate surface area is 252 Å². The van der Waals surface area contributed by atoms with Gasteiger partial charge in [-0.3, -0.25) is 19.4 Å². The molecule has 0 aliphatic heterocycles. The Morgan fingerprint density at radius 1 is 0.556 bits per heavy atom. The zero-order valence-electron chi connectivity index (χ0n) is 23.5. The maximum atomic E-state index is 12.1. The van der Waals surface area contributed by atoms with Crippen LogP contribution in [0.3, 0.4) is 0 Å². The van der Waals surface area contributed by atoms with Crippen molar-refractivity contribution in [1.82, 2.24) is 9.80 Å². The summed E-state index contributed by atoms with van der Waals surface area (Å²) in [4.78, 5) is 50.2. The van der Waals surface area contributed by atoms with E-state index in [1.165, 1.54) is 14.1 Å². The highest BCUT2D eigenvalue weighted by molar-refractivity contribution is 5.92. The van der Waals surface area contributed by atoms with Gasteiger partial charge in [-0.05, 0) is 12.8 Å². The Bertz CT molecular complexity index is 610. The Morgan fingerprint density at radius 2 is 0.833 bits per heavy atom. The van der Waals surface area contributed by atoms with Crippen molar-refractivity contribution < 1.29 is 85.6 Å². The van der Waals surface area contributed by atoms with Crippen LogP contribution in [0.1, 0.15) is 51.4 Å². The predicted octanol–water partition coefficient (Wildman–Crippen LogP) is -3.28. The SMILES string of the molecule is CN(C(=O)CCCCCCCCC(=O)N(C)C(=O)OCC[N+](C)(C)C)C(=O)OCC[N+](C)(C)C.[I-].[I-]. The van der Waals surface area contributed by atoms with Crippen molar-refractivity contribution >= 4 is 24.0 Å². The molecule has 0 aromatic heterocycles. The number of halogens is 2. The minimum absolute atomic E-state index is 0. The number of carbonyl (C=O) groups is 4. The molecule has 214 valence electrons. The summed E-state index contributed by atoms with van der Waals surface area (Å²) in [5.41, 5.74) is 0. The average molecular weight is 742 g/mol. The zero-order valence-corrected chi connectivity index (χ0v) is 27.8. The van der Waals surface area contributed by atoms with Crippen molar-refractivity contribution in [3.8, 4) is 0 Å². The van der Waals surface area contributed by atoms with Crippen LogP contribution >= 0.6 is 0 Å². The molecule has 0 aliphatic carbocycles. The minimum atomic E-state index is -0.606. The number of rotatable bonds is 15. The molecule has 0 bridgehead atoms. The van der Waals surface area contributed by atoms with Gasteiger partial charge in [-0.25, -0.2) is 9.59 Å². The first-order chi connectivity index (χ1) is 15.6. The molecule has 0 atom stereocenters. The summed E-state index contributed by atoms with van der Waals surface area (Å²) >= 11 is 0. The van der Waals surface area contributed by atoms with Gasteiger partial charge in [0.15, 0.2) is 0 Å². The van der Waals surface area contributed by atoms with Gasteiger partial charge in [-0.1, -0.05) is 25.7 Å². The second-order valence-corrected chi connectivity index (χ2v) is 10.8.